The summed E-state index contributed by atoms with van der Waals surface area (Å²) in [5.74, 6) is 0.592. The average molecular weight is 380 g/mol. The van der Waals surface area contributed by atoms with Crippen LogP contribution in [0, 0.1) is 13.8 Å². The van der Waals surface area contributed by atoms with E-state index in [1.807, 2.05) is 25.1 Å². The van der Waals surface area contributed by atoms with E-state index < -0.39 is 0 Å². The monoisotopic (exact) mass is 379 g/mol. The maximum atomic E-state index is 12.4. The van der Waals surface area contributed by atoms with Crippen molar-refractivity contribution in [1.29, 1.82) is 0 Å². The number of carbonyl (C=O) groups excluding carboxylic acids is 1. The van der Waals surface area contributed by atoms with Crippen molar-refractivity contribution in [2.45, 2.75) is 26.2 Å². The van der Waals surface area contributed by atoms with Crippen molar-refractivity contribution in [3.8, 4) is 0 Å². The van der Waals surface area contributed by atoms with Crippen LogP contribution in [-0.2, 0) is 0 Å². The van der Waals surface area contributed by atoms with Gasteiger partial charge in [-0.25, -0.2) is 4.98 Å². The fraction of sp³-hybridized carbons (Fsp3) is 0.364. The Hall–Kier alpha value is -2.24. The first-order valence-electron chi connectivity index (χ1n) is 9.53. The van der Waals surface area contributed by atoms with Crippen LogP contribution in [0.25, 0.3) is 10.2 Å². The molecule has 4 nitrogen and oxygen atoms in total. The predicted octanol–water partition coefficient (Wildman–Crippen LogP) is 4.13. The number of nitrogens with one attached hydrogen (secondary N) is 1. The minimum absolute atomic E-state index is 0.0165. The first kappa shape index (κ1) is 18.1. The zero-order chi connectivity index (χ0) is 18.8. The van der Waals surface area contributed by atoms with Crippen LogP contribution in [0.1, 0.15) is 38.8 Å². The van der Waals surface area contributed by atoms with Crippen molar-refractivity contribution >= 4 is 27.5 Å². The molecule has 0 saturated carbocycles. The highest BCUT2D eigenvalue weighted by atomic mass is 32.1. The average Bonchev–Trinajstić information content (AvgIpc) is 3.27. The molecule has 1 amide bonds. The molecule has 0 radical (unpaired) electrons. The summed E-state index contributed by atoms with van der Waals surface area (Å²) in [6.07, 6.45) is 1.19. The number of hydrogen-bond acceptors (Lipinski definition) is 4. The molecule has 27 heavy (non-hydrogen) atoms. The van der Waals surface area contributed by atoms with E-state index in [9.17, 15) is 4.79 Å². The fourth-order valence-electron chi connectivity index (χ4n) is 3.95. The summed E-state index contributed by atoms with van der Waals surface area (Å²) in [4.78, 5) is 19.4. The van der Waals surface area contributed by atoms with Crippen LogP contribution >= 0.6 is 11.3 Å². The van der Waals surface area contributed by atoms with Crippen LogP contribution in [0.5, 0.6) is 0 Å². The first-order valence-corrected chi connectivity index (χ1v) is 10.3. The highest BCUT2D eigenvalue weighted by Crippen LogP contribution is 2.29. The number of thiazole rings is 1. The largest absolute Gasteiger partial charge is 0.351 e. The van der Waals surface area contributed by atoms with Gasteiger partial charge in [-0.1, -0.05) is 24.3 Å². The maximum Gasteiger partial charge on any atom is 0.251 e. The smallest absolute Gasteiger partial charge is 0.251 e. The van der Waals surface area contributed by atoms with E-state index in [4.69, 9.17) is 0 Å². The van der Waals surface area contributed by atoms with Gasteiger partial charge in [0, 0.05) is 25.2 Å². The van der Waals surface area contributed by atoms with Crippen LogP contribution in [0.4, 0.5) is 0 Å². The number of hydrogen-bond donors (Lipinski definition) is 1. The Balaban J connectivity index is 1.29. The third-order valence-electron chi connectivity index (χ3n) is 5.37. The predicted molar refractivity (Wildman–Crippen MR) is 112 cm³/mol. The zero-order valence-corrected chi connectivity index (χ0v) is 16.7. The molecule has 1 saturated heterocycles. The van der Waals surface area contributed by atoms with Gasteiger partial charge in [0.2, 0.25) is 0 Å². The van der Waals surface area contributed by atoms with E-state index in [0.29, 0.717) is 18.0 Å². The maximum absolute atomic E-state index is 12.4. The number of amides is 1. The molecular weight excluding hydrogens is 354 g/mol. The molecule has 0 bridgehead atoms. The lowest BCUT2D eigenvalue weighted by atomic mass is 9.94. The molecule has 140 valence electrons. The van der Waals surface area contributed by atoms with Gasteiger partial charge in [0.25, 0.3) is 5.91 Å². The molecule has 1 atom stereocenters. The first-order chi connectivity index (χ1) is 13.1. The van der Waals surface area contributed by atoms with Crippen molar-refractivity contribution in [2.75, 3.05) is 26.2 Å². The molecule has 1 unspecified atom stereocenters. The topological polar surface area (TPSA) is 45.2 Å². The standard InChI is InChI=1S/C22H25N3OS/c1-15-5-3-4-6-19(15)18-9-11-25(14-18)12-10-23-22(26)17-7-8-21-20(13-17)24-16(2)27-21/h3-8,13,18H,9-12,14H2,1-2H3,(H,23,26). The lowest BCUT2D eigenvalue weighted by molar-refractivity contribution is 0.0950. The van der Waals surface area contributed by atoms with Gasteiger partial charge < -0.3 is 10.2 Å². The molecule has 5 heteroatoms. The third kappa shape index (κ3) is 4.04. The molecule has 1 fully saturated rings. The van der Waals surface area contributed by atoms with Crippen LogP contribution in [-0.4, -0.2) is 42.0 Å². The Morgan fingerprint density at radius 2 is 2.11 bits per heavy atom. The van der Waals surface area contributed by atoms with Gasteiger partial charge >= 0.3 is 0 Å². The van der Waals surface area contributed by atoms with Crippen molar-refractivity contribution in [1.82, 2.24) is 15.2 Å². The number of carbonyl (C=O) groups is 1. The second kappa shape index (κ2) is 7.79. The number of aryl methyl sites for hydroxylation is 2. The molecule has 1 aliphatic heterocycles. The minimum Gasteiger partial charge on any atom is -0.351 e. The van der Waals surface area contributed by atoms with Crippen molar-refractivity contribution in [3.05, 3.63) is 64.2 Å². The number of fused-ring (bicyclic) bond motifs is 1. The number of benzene rings is 2. The number of likely N-dealkylation sites (tertiary alicyclic amines) is 1. The van der Waals surface area contributed by atoms with Gasteiger partial charge in [-0.15, -0.1) is 11.3 Å². The summed E-state index contributed by atoms with van der Waals surface area (Å²) in [5, 5.41) is 4.09. The lowest BCUT2D eigenvalue weighted by Gasteiger charge is -2.17. The van der Waals surface area contributed by atoms with E-state index in [-0.39, 0.29) is 5.91 Å². The second-order valence-corrected chi connectivity index (χ2v) is 8.55. The van der Waals surface area contributed by atoms with Gasteiger partial charge in [0.05, 0.1) is 15.2 Å². The Morgan fingerprint density at radius 1 is 1.26 bits per heavy atom. The van der Waals surface area contributed by atoms with Gasteiger partial charge in [0.15, 0.2) is 0 Å². The minimum atomic E-state index is -0.0165. The highest BCUT2D eigenvalue weighted by Gasteiger charge is 2.24. The third-order valence-corrected chi connectivity index (χ3v) is 6.32. The van der Waals surface area contributed by atoms with Gasteiger partial charge in [0.1, 0.15) is 0 Å². The van der Waals surface area contributed by atoms with E-state index in [0.717, 1.165) is 34.9 Å². The molecule has 3 aromatic rings. The molecular formula is C22H25N3OS. The van der Waals surface area contributed by atoms with Crippen LogP contribution in [0.2, 0.25) is 0 Å². The van der Waals surface area contributed by atoms with Gasteiger partial charge in [-0.3, -0.25) is 4.79 Å². The molecule has 0 spiro atoms. The Bertz CT molecular complexity index is 965. The summed E-state index contributed by atoms with van der Waals surface area (Å²) in [6, 6.07) is 14.4. The molecule has 4 rings (SSSR count). The van der Waals surface area contributed by atoms with E-state index in [1.54, 1.807) is 11.3 Å². The summed E-state index contributed by atoms with van der Waals surface area (Å²) in [6.45, 7) is 7.92. The van der Waals surface area contributed by atoms with Crippen LogP contribution < -0.4 is 5.32 Å². The summed E-state index contributed by atoms with van der Waals surface area (Å²) >= 11 is 1.66. The molecule has 1 aromatic heterocycles. The number of rotatable bonds is 5. The Labute approximate surface area is 164 Å². The highest BCUT2D eigenvalue weighted by molar-refractivity contribution is 7.18. The van der Waals surface area contributed by atoms with Crippen molar-refractivity contribution in [2.24, 2.45) is 0 Å². The molecule has 1 N–H and O–H groups in total. The molecule has 0 aliphatic carbocycles. The summed E-state index contributed by atoms with van der Waals surface area (Å²) < 4.78 is 1.13. The molecule has 2 aromatic carbocycles. The zero-order valence-electron chi connectivity index (χ0n) is 15.9. The number of nitrogens with zero attached hydrogens (tertiary/aromatic N) is 2. The normalized spacial score (nSPS) is 17.5. The number of aromatic nitrogens is 1. The quantitative estimate of drug-likeness (QED) is 0.725. The van der Waals surface area contributed by atoms with Crippen LogP contribution in [0.3, 0.4) is 0 Å². The van der Waals surface area contributed by atoms with E-state index in [2.05, 4.69) is 46.4 Å². The lowest BCUT2D eigenvalue weighted by Crippen LogP contribution is -2.33. The van der Waals surface area contributed by atoms with Crippen molar-refractivity contribution in [3.63, 3.8) is 0 Å². The van der Waals surface area contributed by atoms with Crippen LogP contribution in [0.15, 0.2) is 42.5 Å². The Kier molecular flexibility index (Phi) is 5.23. The Morgan fingerprint density at radius 3 is 2.96 bits per heavy atom. The SMILES string of the molecule is Cc1nc2cc(C(=O)NCCN3CCC(c4ccccc4C)C3)ccc2s1. The van der Waals surface area contributed by atoms with Crippen molar-refractivity contribution < 1.29 is 4.79 Å². The van der Waals surface area contributed by atoms with Gasteiger partial charge in [-0.05, 0) is 62.1 Å². The second-order valence-electron chi connectivity index (χ2n) is 7.31. The summed E-state index contributed by atoms with van der Waals surface area (Å²) in [7, 11) is 0. The fourth-order valence-corrected chi connectivity index (χ4v) is 4.76. The van der Waals surface area contributed by atoms with E-state index >= 15 is 0 Å². The van der Waals surface area contributed by atoms with E-state index in [1.165, 1.54) is 17.5 Å². The summed E-state index contributed by atoms with van der Waals surface area (Å²) in [5.41, 5.74) is 4.44. The molecule has 2 heterocycles. The van der Waals surface area contributed by atoms with Gasteiger partial charge in [-0.2, -0.15) is 0 Å². The molecule has 1 aliphatic rings.